The van der Waals surface area contributed by atoms with Crippen LogP contribution < -0.4 is 4.74 Å². The molecule has 2 fully saturated rings. The second kappa shape index (κ2) is 8.42. The first-order valence-electron chi connectivity index (χ1n) is 9.88. The fourth-order valence-corrected chi connectivity index (χ4v) is 4.95. The predicted molar refractivity (Wildman–Crippen MR) is 114 cm³/mol. The first-order chi connectivity index (χ1) is 13.9. The van der Waals surface area contributed by atoms with E-state index in [-0.39, 0.29) is 6.04 Å². The SMILES string of the molecule is COc1cccc(C(O)N2CCN3C[C@](O)(c4ccc(Cl)cc4)CC[C@H]3C2)c1Cl. The topological polar surface area (TPSA) is 56.2 Å². The number of aliphatic hydroxyl groups is 2. The van der Waals surface area contributed by atoms with Crippen molar-refractivity contribution in [1.82, 2.24) is 9.80 Å². The van der Waals surface area contributed by atoms with Crippen LogP contribution >= 0.6 is 23.2 Å². The Morgan fingerprint density at radius 1 is 1.14 bits per heavy atom. The van der Waals surface area contributed by atoms with Crippen LogP contribution in [-0.2, 0) is 5.60 Å². The first-order valence-corrected chi connectivity index (χ1v) is 10.6. The number of fused-ring (bicyclic) bond motifs is 1. The van der Waals surface area contributed by atoms with E-state index in [1.165, 1.54) is 0 Å². The minimum atomic E-state index is -0.863. The monoisotopic (exact) mass is 436 g/mol. The molecule has 1 unspecified atom stereocenters. The number of aliphatic hydroxyl groups excluding tert-OH is 1. The Hall–Kier alpha value is -1.34. The average molecular weight is 437 g/mol. The van der Waals surface area contributed by atoms with Gasteiger partial charge in [-0.1, -0.05) is 47.5 Å². The Labute approximate surface area is 181 Å². The highest BCUT2D eigenvalue weighted by Crippen LogP contribution is 2.38. The Morgan fingerprint density at radius 2 is 1.90 bits per heavy atom. The van der Waals surface area contributed by atoms with Gasteiger partial charge in [0.25, 0.3) is 0 Å². The molecule has 0 spiro atoms. The third kappa shape index (κ3) is 4.13. The smallest absolute Gasteiger partial charge is 0.137 e. The quantitative estimate of drug-likeness (QED) is 0.765. The van der Waals surface area contributed by atoms with Crippen molar-refractivity contribution in [3.63, 3.8) is 0 Å². The zero-order valence-corrected chi connectivity index (χ0v) is 17.9. The molecule has 0 radical (unpaired) electrons. The molecule has 2 aromatic rings. The number of piperazine rings is 1. The van der Waals surface area contributed by atoms with Gasteiger partial charge in [-0.3, -0.25) is 9.80 Å². The summed E-state index contributed by atoms with van der Waals surface area (Å²) in [5.74, 6) is 0.563. The molecule has 4 rings (SSSR count). The third-order valence-electron chi connectivity index (χ3n) is 6.21. The van der Waals surface area contributed by atoms with E-state index in [0.717, 1.165) is 25.1 Å². The summed E-state index contributed by atoms with van der Waals surface area (Å²) in [5, 5.41) is 23.3. The van der Waals surface area contributed by atoms with Gasteiger partial charge in [-0.15, -0.1) is 0 Å². The van der Waals surface area contributed by atoms with Crippen LogP contribution in [0.1, 0.15) is 30.2 Å². The molecule has 0 saturated carbocycles. The maximum atomic E-state index is 11.2. The van der Waals surface area contributed by atoms with Gasteiger partial charge in [0.1, 0.15) is 17.6 Å². The molecule has 2 N–H and O–H groups in total. The number of nitrogens with zero attached hydrogens (tertiary/aromatic N) is 2. The maximum absolute atomic E-state index is 11.2. The van der Waals surface area contributed by atoms with Gasteiger partial charge in [-0.25, -0.2) is 0 Å². The van der Waals surface area contributed by atoms with Crippen LogP contribution in [0.25, 0.3) is 0 Å². The standard InChI is InChI=1S/C22H26Cl2N2O3/c1-29-19-4-2-3-18(20(19)24)21(27)25-11-12-26-14-22(28,10-9-17(26)13-25)15-5-7-16(23)8-6-15/h2-8,17,21,27-28H,9-14H2,1H3/t17-,21?,22-/m0/s1. The highest BCUT2D eigenvalue weighted by atomic mass is 35.5. The van der Waals surface area contributed by atoms with Crippen molar-refractivity contribution in [3.8, 4) is 5.75 Å². The van der Waals surface area contributed by atoms with E-state index < -0.39 is 11.8 Å². The number of methoxy groups -OCH3 is 1. The second-order valence-electron chi connectivity index (χ2n) is 7.93. The highest BCUT2D eigenvalue weighted by molar-refractivity contribution is 6.32. The van der Waals surface area contributed by atoms with Gasteiger partial charge in [0.2, 0.25) is 0 Å². The van der Waals surface area contributed by atoms with Crippen LogP contribution in [0.5, 0.6) is 5.75 Å². The lowest BCUT2D eigenvalue weighted by Gasteiger charge is -2.50. The van der Waals surface area contributed by atoms with E-state index in [1.807, 2.05) is 36.4 Å². The molecule has 2 aliphatic heterocycles. The molecule has 5 nitrogen and oxygen atoms in total. The van der Waals surface area contributed by atoms with Crippen molar-refractivity contribution < 1.29 is 14.9 Å². The molecule has 2 aromatic carbocycles. The minimum absolute atomic E-state index is 0.287. The number of hydrogen-bond donors (Lipinski definition) is 2. The number of halogens is 2. The number of benzene rings is 2. The van der Waals surface area contributed by atoms with Crippen molar-refractivity contribution in [2.45, 2.75) is 30.7 Å². The van der Waals surface area contributed by atoms with Crippen LogP contribution in [0.15, 0.2) is 42.5 Å². The normalized spacial score (nSPS) is 26.7. The summed E-state index contributed by atoms with van der Waals surface area (Å²) in [6.07, 6.45) is 0.755. The zero-order valence-electron chi connectivity index (χ0n) is 16.4. The van der Waals surface area contributed by atoms with Gasteiger partial charge >= 0.3 is 0 Å². The van der Waals surface area contributed by atoms with Gasteiger partial charge in [0, 0.05) is 42.8 Å². The first kappa shape index (κ1) is 20.9. The van der Waals surface area contributed by atoms with Gasteiger partial charge in [0.15, 0.2) is 0 Å². The molecular weight excluding hydrogens is 411 g/mol. The lowest BCUT2D eigenvalue weighted by molar-refractivity contribution is -0.104. The molecule has 156 valence electrons. The van der Waals surface area contributed by atoms with E-state index in [9.17, 15) is 10.2 Å². The Morgan fingerprint density at radius 3 is 2.62 bits per heavy atom. The summed E-state index contributed by atoms with van der Waals surface area (Å²) in [4.78, 5) is 4.38. The van der Waals surface area contributed by atoms with E-state index >= 15 is 0 Å². The number of piperidine rings is 1. The van der Waals surface area contributed by atoms with E-state index in [0.29, 0.717) is 40.9 Å². The van der Waals surface area contributed by atoms with Crippen molar-refractivity contribution in [2.24, 2.45) is 0 Å². The van der Waals surface area contributed by atoms with Crippen molar-refractivity contribution >= 4 is 23.2 Å². The number of ether oxygens (including phenoxy) is 1. The van der Waals surface area contributed by atoms with E-state index in [1.54, 1.807) is 13.2 Å². The van der Waals surface area contributed by atoms with Gasteiger partial charge in [0.05, 0.1) is 12.1 Å². The molecule has 2 aliphatic rings. The molecular formula is C22H26Cl2N2O3. The largest absolute Gasteiger partial charge is 0.495 e. The summed E-state index contributed by atoms with van der Waals surface area (Å²) in [5.41, 5.74) is 0.705. The van der Waals surface area contributed by atoms with Crippen LogP contribution in [0, 0.1) is 0 Å². The van der Waals surface area contributed by atoms with Gasteiger partial charge < -0.3 is 14.9 Å². The fraction of sp³-hybridized carbons (Fsp3) is 0.455. The molecule has 7 heteroatoms. The van der Waals surface area contributed by atoms with Gasteiger partial charge in [-0.05, 0) is 36.6 Å². The second-order valence-corrected chi connectivity index (χ2v) is 8.75. The third-order valence-corrected chi connectivity index (χ3v) is 6.87. The highest BCUT2D eigenvalue weighted by Gasteiger charge is 2.42. The van der Waals surface area contributed by atoms with Crippen LogP contribution in [0.4, 0.5) is 0 Å². The fourth-order valence-electron chi connectivity index (χ4n) is 4.52. The van der Waals surface area contributed by atoms with E-state index in [4.69, 9.17) is 27.9 Å². The minimum Gasteiger partial charge on any atom is -0.495 e. The number of rotatable bonds is 4. The molecule has 3 atom stereocenters. The lowest BCUT2D eigenvalue weighted by atomic mass is 9.82. The Bertz CT molecular complexity index is 864. The molecule has 2 heterocycles. The number of hydrogen-bond acceptors (Lipinski definition) is 5. The molecule has 2 saturated heterocycles. The molecule has 0 aromatic heterocycles. The Kier molecular flexibility index (Phi) is 6.07. The summed E-state index contributed by atoms with van der Waals surface area (Å²) in [7, 11) is 1.57. The summed E-state index contributed by atoms with van der Waals surface area (Å²) < 4.78 is 5.28. The van der Waals surface area contributed by atoms with Crippen LogP contribution in [0.3, 0.4) is 0 Å². The zero-order chi connectivity index (χ0) is 20.6. The Balaban J connectivity index is 1.45. The summed E-state index contributed by atoms with van der Waals surface area (Å²) in [6, 6.07) is 13.2. The maximum Gasteiger partial charge on any atom is 0.137 e. The van der Waals surface area contributed by atoms with Crippen molar-refractivity contribution in [3.05, 3.63) is 63.6 Å². The summed E-state index contributed by atoms with van der Waals surface area (Å²) in [6.45, 7) is 2.79. The van der Waals surface area contributed by atoms with E-state index in [2.05, 4.69) is 9.80 Å². The molecule has 0 aliphatic carbocycles. The predicted octanol–water partition coefficient (Wildman–Crippen LogP) is 3.66. The average Bonchev–Trinajstić information content (AvgIpc) is 2.73. The summed E-state index contributed by atoms with van der Waals surface area (Å²) >= 11 is 12.4. The lowest BCUT2D eigenvalue weighted by Crippen LogP contribution is -2.60. The molecule has 0 amide bonds. The molecule has 0 bridgehead atoms. The van der Waals surface area contributed by atoms with Gasteiger partial charge in [-0.2, -0.15) is 0 Å². The molecule has 29 heavy (non-hydrogen) atoms. The van der Waals surface area contributed by atoms with Crippen molar-refractivity contribution in [1.29, 1.82) is 0 Å². The van der Waals surface area contributed by atoms with Crippen LogP contribution in [-0.4, -0.2) is 59.3 Å². The van der Waals surface area contributed by atoms with Crippen molar-refractivity contribution in [2.75, 3.05) is 33.3 Å². The van der Waals surface area contributed by atoms with Crippen LogP contribution in [0.2, 0.25) is 10.0 Å².